The Labute approximate surface area is 129 Å². The Hall–Kier alpha value is -0.900. The van der Waals surface area contributed by atoms with Gasteiger partial charge in [-0.25, -0.2) is 0 Å². The molecule has 0 aliphatic carbocycles. The molecule has 118 valence electrons. The van der Waals surface area contributed by atoms with E-state index in [9.17, 15) is 0 Å². The highest BCUT2D eigenvalue weighted by Crippen LogP contribution is 2.20. The number of aryl methyl sites for hydroxylation is 2. The zero-order valence-corrected chi connectivity index (χ0v) is 13.7. The van der Waals surface area contributed by atoms with Crippen molar-refractivity contribution < 1.29 is 9.47 Å². The Kier molecular flexibility index (Phi) is 6.68. The van der Waals surface area contributed by atoms with Crippen LogP contribution in [0.25, 0.3) is 0 Å². The molecule has 3 heteroatoms. The van der Waals surface area contributed by atoms with Crippen molar-refractivity contribution in [3.8, 4) is 0 Å². The molecular weight excluding hydrogens is 262 g/mol. The van der Waals surface area contributed by atoms with Crippen LogP contribution in [-0.2, 0) is 9.47 Å². The van der Waals surface area contributed by atoms with Gasteiger partial charge in [-0.05, 0) is 45.2 Å². The van der Waals surface area contributed by atoms with Crippen molar-refractivity contribution in [2.75, 3.05) is 26.4 Å². The summed E-state index contributed by atoms with van der Waals surface area (Å²) in [6, 6.07) is 7.05. The summed E-state index contributed by atoms with van der Waals surface area (Å²) in [5.41, 5.74) is 3.98. The van der Waals surface area contributed by atoms with Crippen molar-refractivity contribution in [2.24, 2.45) is 0 Å². The molecule has 1 saturated heterocycles. The molecule has 1 aromatic rings. The molecule has 1 N–H and O–H groups in total. The van der Waals surface area contributed by atoms with Crippen LogP contribution >= 0.6 is 0 Å². The lowest BCUT2D eigenvalue weighted by atomic mass is 10.0. The first-order valence-corrected chi connectivity index (χ1v) is 8.20. The fourth-order valence-electron chi connectivity index (χ4n) is 2.88. The Morgan fingerprint density at radius 3 is 2.48 bits per heavy atom. The van der Waals surface area contributed by atoms with Crippen LogP contribution in [0.5, 0.6) is 0 Å². The Morgan fingerprint density at radius 1 is 1.19 bits per heavy atom. The van der Waals surface area contributed by atoms with Crippen LogP contribution in [0.1, 0.15) is 48.9 Å². The average Bonchev–Trinajstić information content (AvgIpc) is 2.47. The first-order valence-electron chi connectivity index (χ1n) is 8.20. The van der Waals surface area contributed by atoms with Gasteiger partial charge in [0.05, 0.1) is 18.8 Å². The second-order valence-electron chi connectivity index (χ2n) is 6.07. The topological polar surface area (TPSA) is 30.5 Å². The van der Waals surface area contributed by atoms with Crippen molar-refractivity contribution in [2.45, 2.75) is 52.2 Å². The monoisotopic (exact) mass is 291 g/mol. The first kappa shape index (κ1) is 16.5. The van der Waals surface area contributed by atoms with Gasteiger partial charge < -0.3 is 14.8 Å². The van der Waals surface area contributed by atoms with Gasteiger partial charge in [0.15, 0.2) is 0 Å². The summed E-state index contributed by atoms with van der Waals surface area (Å²) in [6.07, 6.45) is 3.54. The lowest BCUT2D eigenvalue weighted by molar-refractivity contribution is -0.0383. The second-order valence-corrected chi connectivity index (χ2v) is 6.07. The maximum Gasteiger partial charge on any atom is 0.0665 e. The third-order valence-corrected chi connectivity index (χ3v) is 3.95. The largest absolute Gasteiger partial charge is 0.381 e. The van der Waals surface area contributed by atoms with Gasteiger partial charge in [0.2, 0.25) is 0 Å². The molecule has 2 rings (SSSR count). The van der Waals surface area contributed by atoms with Gasteiger partial charge in [0, 0.05) is 13.2 Å². The number of benzene rings is 1. The maximum atomic E-state index is 6.13. The van der Waals surface area contributed by atoms with E-state index < -0.39 is 0 Å². The van der Waals surface area contributed by atoms with Gasteiger partial charge in [-0.15, -0.1) is 0 Å². The minimum Gasteiger partial charge on any atom is -0.381 e. The minimum absolute atomic E-state index is 0.284. The van der Waals surface area contributed by atoms with Crippen molar-refractivity contribution in [1.82, 2.24) is 5.32 Å². The number of hydrogen-bond donors (Lipinski definition) is 1. The molecule has 1 fully saturated rings. The molecule has 0 saturated carbocycles. The molecule has 1 aliphatic rings. The zero-order chi connectivity index (χ0) is 15.1. The van der Waals surface area contributed by atoms with Gasteiger partial charge in [-0.3, -0.25) is 0 Å². The van der Waals surface area contributed by atoms with Crippen molar-refractivity contribution >= 4 is 0 Å². The van der Waals surface area contributed by atoms with E-state index in [1.165, 1.54) is 16.7 Å². The molecule has 21 heavy (non-hydrogen) atoms. The van der Waals surface area contributed by atoms with E-state index in [2.05, 4.69) is 44.3 Å². The van der Waals surface area contributed by atoms with Crippen molar-refractivity contribution in [1.29, 1.82) is 0 Å². The lowest BCUT2D eigenvalue weighted by Crippen LogP contribution is -2.31. The zero-order valence-electron chi connectivity index (χ0n) is 13.7. The van der Waals surface area contributed by atoms with Crippen molar-refractivity contribution in [3.63, 3.8) is 0 Å². The summed E-state index contributed by atoms with van der Waals surface area (Å²) >= 11 is 0. The van der Waals surface area contributed by atoms with Crippen LogP contribution in [-0.4, -0.2) is 32.5 Å². The van der Waals surface area contributed by atoms with E-state index in [1.807, 2.05) is 0 Å². The molecule has 1 unspecified atom stereocenters. The molecule has 3 nitrogen and oxygen atoms in total. The Bertz CT molecular complexity index is 407. The summed E-state index contributed by atoms with van der Waals surface area (Å²) in [6.45, 7) is 9.95. The van der Waals surface area contributed by atoms with Crippen molar-refractivity contribution in [3.05, 3.63) is 34.9 Å². The van der Waals surface area contributed by atoms with Crippen LogP contribution in [0, 0.1) is 13.8 Å². The molecule has 0 bridgehead atoms. The molecule has 1 aromatic carbocycles. The van der Waals surface area contributed by atoms with Crippen LogP contribution in [0.15, 0.2) is 18.2 Å². The van der Waals surface area contributed by atoms with Gasteiger partial charge >= 0.3 is 0 Å². The Morgan fingerprint density at radius 2 is 1.86 bits per heavy atom. The standard InChI is InChI=1S/C18H29NO2/c1-4-7-19-18(13-21-17-5-8-20-9-6-17)16-11-14(2)10-15(3)12-16/h10-12,17-19H,4-9,13H2,1-3H3. The quantitative estimate of drug-likeness (QED) is 0.833. The fraction of sp³-hybridized carbons (Fsp3) is 0.667. The smallest absolute Gasteiger partial charge is 0.0665 e. The molecule has 0 radical (unpaired) electrons. The van der Waals surface area contributed by atoms with Crippen LogP contribution in [0.3, 0.4) is 0 Å². The first-order chi connectivity index (χ1) is 10.2. The molecule has 1 atom stereocenters. The number of rotatable bonds is 7. The predicted molar refractivity (Wildman–Crippen MR) is 86.7 cm³/mol. The second kappa shape index (κ2) is 8.52. The summed E-state index contributed by atoms with van der Waals surface area (Å²) in [5, 5.41) is 3.62. The Balaban J connectivity index is 1.98. The van der Waals surface area contributed by atoms with Crippen LogP contribution in [0.2, 0.25) is 0 Å². The van der Waals surface area contributed by atoms with Crippen LogP contribution < -0.4 is 5.32 Å². The van der Waals surface area contributed by atoms with Gasteiger partial charge in [-0.2, -0.15) is 0 Å². The van der Waals surface area contributed by atoms with Gasteiger partial charge in [0.25, 0.3) is 0 Å². The SMILES string of the molecule is CCCNC(COC1CCOCC1)c1cc(C)cc(C)c1. The summed E-state index contributed by atoms with van der Waals surface area (Å²) in [7, 11) is 0. The maximum absolute atomic E-state index is 6.13. The summed E-state index contributed by atoms with van der Waals surface area (Å²) in [5.74, 6) is 0. The highest BCUT2D eigenvalue weighted by atomic mass is 16.5. The van der Waals surface area contributed by atoms with E-state index in [-0.39, 0.29) is 6.04 Å². The van der Waals surface area contributed by atoms with E-state index in [4.69, 9.17) is 9.47 Å². The average molecular weight is 291 g/mol. The molecule has 0 amide bonds. The molecule has 0 aromatic heterocycles. The summed E-state index contributed by atoms with van der Waals surface area (Å²) in [4.78, 5) is 0. The lowest BCUT2D eigenvalue weighted by Gasteiger charge is -2.26. The molecule has 1 aliphatic heterocycles. The van der Waals surface area contributed by atoms with Gasteiger partial charge in [0.1, 0.15) is 0 Å². The van der Waals surface area contributed by atoms with Crippen LogP contribution in [0.4, 0.5) is 0 Å². The summed E-state index contributed by atoms with van der Waals surface area (Å²) < 4.78 is 11.5. The number of hydrogen-bond acceptors (Lipinski definition) is 3. The highest BCUT2D eigenvalue weighted by Gasteiger charge is 2.18. The highest BCUT2D eigenvalue weighted by molar-refractivity contribution is 5.30. The normalized spacial score (nSPS) is 17.9. The molecular formula is C18H29NO2. The van der Waals surface area contributed by atoms with E-state index in [1.54, 1.807) is 0 Å². The molecule has 1 heterocycles. The fourth-order valence-corrected chi connectivity index (χ4v) is 2.88. The predicted octanol–water partition coefficient (Wildman–Crippen LogP) is 3.54. The number of ether oxygens (including phenoxy) is 2. The van der Waals surface area contributed by atoms with E-state index in [0.29, 0.717) is 6.10 Å². The minimum atomic E-state index is 0.284. The third kappa shape index (κ3) is 5.42. The molecule has 0 spiro atoms. The van der Waals surface area contributed by atoms with E-state index in [0.717, 1.165) is 45.6 Å². The van der Waals surface area contributed by atoms with Gasteiger partial charge in [-0.1, -0.05) is 36.2 Å². The number of nitrogens with one attached hydrogen (secondary N) is 1. The van der Waals surface area contributed by atoms with E-state index >= 15 is 0 Å². The third-order valence-electron chi connectivity index (χ3n) is 3.95.